The second-order valence-electron chi connectivity index (χ2n) is 5.41. The van der Waals surface area contributed by atoms with Gasteiger partial charge in [-0.05, 0) is 30.5 Å². The molecular formula is C15H20FN3O2. The molecule has 2 rings (SSSR count). The Hall–Kier alpha value is -1.95. The van der Waals surface area contributed by atoms with E-state index in [0.29, 0.717) is 17.3 Å². The highest BCUT2D eigenvalue weighted by atomic mass is 19.1. The molecule has 1 heterocycles. The molecule has 0 saturated carbocycles. The summed E-state index contributed by atoms with van der Waals surface area (Å²) in [5, 5.41) is 13.5. The standard InChI is InChI=1S/C15H20FN3O2/c1-10(2)7-19-15(17-9-18-19)8-21-14-5-4-12(11(3)20)6-13(14)16/h4-6,9-11,20H,7-8H2,1-3H3/t11-/m1/s1. The van der Waals surface area contributed by atoms with Crippen LogP contribution in [0.15, 0.2) is 24.5 Å². The Morgan fingerprint density at radius 3 is 2.71 bits per heavy atom. The van der Waals surface area contributed by atoms with Gasteiger partial charge < -0.3 is 9.84 Å². The van der Waals surface area contributed by atoms with Crippen molar-refractivity contribution in [3.05, 3.63) is 41.7 Å². The monoisotopic (exact) mass is 293 g/mol. The first kappa shape index (κ1) is 15.4. The van der Waals surface area contributed by atoms with Crippen LogP contribution in [0.25, 0.3) is 0 Å². The predicted octanol–water partition coefficient (Wildman–Crippen LogP) is 2.71. The number of hydrogen-bond donors (Lipinski definition) is 1. The minimum Gasteiger partial charge on any atom is -0.483 e. The maximum atomic E-state index is 13.9. The molecule has 0 bridgehead atoms. The van der Waals surface area contributed by atoms with E-state index in [1.807, 2.05) is 0 Å². The molecular weight excluding hydrogens is 273 g/mol. The summed E-state index contributed by atoms with van der Waals surface area (Å²) >= 11 is 0. The molecule has 1 atom stereocenters. The molecule has 6 heteroatoms. The normalized spacial score (nSPS) is 12.7. The lowest BCUT2D eigenvalue weighted by Crippen LogP contribution is -2.12. The summed E-state index contributed by atoms with van der Waals surface area (Å²) in [4.78, 5) is 4.12. The average molecular weight is 293 g/mol. The lowest BCUT2D eigenvalue weighted by atomic mass is 10.1. The molecule has 1 aromatic carbocycles. The van der Waals surface area contributed by atoms with E-state index in [1.54, 1.807) is 17.7 Å². The van der Waals surface area contributed by atoms with E-state index in [2.05, 4.69) is 23.9 Å². The van der Waals surface area contributed by atoms with Gasteiger partial charge in [0, 0.05) is 6.54 Å². The Kier molecular flexibility index (Phi) is 4.90. The predicted molar refractivity (Wildman–Crippen MR) is 76.2 cm³/mol. The Morgan fingerprint density at radius 2 is 2.10 bits per heavy atom. The first-order valence-corrected chi connectivity index (χ1v) is 6.94. The first-order valence-electron chi connectivity index (χ1n) is 6.94. The zero-order valence-electron chi connectivity index (χ0n) is 12.5. The number of hydrogen-bond acceptors (Lipinski definition) is 4. The molecule has 0 spiro atoms. The van der Waals surface area contributed by atoms with Gasteiger partial charge in [-0.25, -0.2) is 14.1 Å². The Morgan fingerprint density at radius 1 is 1.33 bits per heavy atom. The Labute approximate surface area is 123 Å². The topological polar surface area (TPSA) is 60.2 Å². The highest BCUT2D eigenvalue weighted by Gasteiger charge is 2.11. The zero-order chi connectivity index (χ0) is 15.4. The second-order valence-corrected chi connectivity index (χ2v) is 5.41. The van der Waals surface area contributed by atoms with Gasteiger partial charge >= 0.3 is 0 Å². The zero-order valence-corrected chi connectivity index (χ0v) is 12.5. The SMILES string of the molecule is CC(C)Cn1ncnc1COc1ccc([C@@H](C)O)cc1F. The number of aromatic nitrogens is 3. The van der Waals surface area contributed by atoms with E-state index < -0.39 is 11.9 Å². The van der Waals surface area contributed by atoms with Gasteiger partial charge in [0.05, 0.1) is 6.10 Å². The lowest BCUT2D eigenvalue weighted by Gasteiger charge is -2.11. The van der Waals surface area contributed by atoms with Crippen molar-refractivity contribution in [2.75, 3.05) is 0 Å². The number of halogens is 1. The van der Waals surface area contributed by atoms with Gasteiger partial charge in [-0.15, -0.1) is 0 Å². The summed E-state index contributed by atoms with van der Waals surface area (Å²) in [6.07, 6.45) is 0.760. The fourth-order valence-electron chi connectivity index (χ4n) is 1.93. The van der Waals surface area contributed by atoms with E-state index in [4.69, 9.17) is 4.74 Å². The summed E-state index contributed by atoms with van der Waals surface area (Å²) in [5.41, 5.74) is 0.517. The van der Waals surface area contributed by atoms with E-state index in [-0.39, 0.29) is 12.4 Å². The van der Waals surface area contributed by atoms with Crippen molar-refractivity contribution in [3.63, 3.8) is 0 Å². The maximum Gasteiger partial charge on any atom is 0.165 e. The van der Waals surface area contributed by atoms with Crippen LogP contribution in [-0.4, -0.2) is 19.9 Å². The van der Waals surface area contributed by atoms with Gasteiger partial charge in [0.2, 0.25) is 0 Å². The van der Waals surface area contributed by atoms with Gasteiger partial charge in [0.15, 0.2) is 17.4 Å². The quantitative estimate of drug-likeness (QED) is 0.889. The number of aliphatic hydroxyl groups excluding tert-OH is 1. The van der Waals surface area contributed by atoms with E-state index >= 15 is 0 Å². The van der Waals surface area contributed by atoms with E-state index in [0.717, 1.165) is 6.54 Å². The largest absolute Gasteiger partial charge is 0.483 e. The lowest BCUT2D eigenvalue weighted by molar-refractivity contribution is 0.198. The van der Waals surface area contributed by atoms with Crippen LogP contribution in [-0.2, 0) is 13.2 Å². The molecule has 0 unspecified atom stereocenters. The fourth-order valence-corrected chi connectivity index (χ4v) is 1.93. The molecule has 0 aliphatic rings. The van der Waals surface area contributed by atoms with Crippen molar-refractivity contribution in [1.82, 2.24) is 14.8 Å². The third-order valence-electron chi connectivity index (χ3n) is 3.03. The minimum atomic E-state index is -0.706. The summed E-state index contributed by atoms with van der Waals surface area (Å²) in [7, 11) is 0. The third kappa shape index (κ3) is 4.01. The first-order chi connectivity index (χ1) is 9.97. The number of rotatable bonds is 6. The molecule has 2 aromatic rings. The highest BCUT2D eigenvalue weighted by Crippen LogP contribution is 2.22. The number of nitrogens with zero attached hydrogens (tertiary/aromatic N) is 3. The third-order valence-corrected chi connectivity index (χ3v) is 3.03. The van der Waals surface area contributed by atoms with Crippen LogP contribution in [0, 0.1) is 11.7 Å². The van der Waals surface area contributed by atoms with Crippen LogP contribution in [0.4, 0.5) is 4.39 Å². The van der Waals surface area contributed by atoms with Crippen molar-refractivity contribution in [1.29, 1.82) is 0 Å². The average Bonchev–Trinajstić information content (AvgIpc) is 2.83. The van der Waals surface area contributed by atoms with Crippen molar-refractivity contribution in [2.45, 2.75) is 40.0 Å². The smallest absolute Gasteiger partial charge is 0.165 e. The Balaban J connectivity index is 2.05. The van der Waals surface area contributed by atoms with Crippen LogP contribution in [0.3, 0.4) is 0 Å². The summed E-state index contributed by atoms with van der Waals surface area (Å²) in [6, 6.07) is 4.43. The molecule has 114 valence electrons. The molecule has 0 aliphatic heterocycles. The van der Waals surface area contributed by atoms with Crippen LogP contribution in [0.2, 0.25) is 0 Å². The number of aliphatic hydroxyl groups is 1. The van der Waals surface area contributed by atoms with Crippen molar-refractivity contribution < 1.29 is 14.2 Å². The molecule has 0 fully saturated rings. The molecule has 1 N–H and O–H groups in total. The molecule has 0 saturated heterocycles. The van der Waals surface area contributed by atoms with E-state index in [1.165, 1.54) is 18.5 Å². The van der Waals surface area contributed by atoms with Crippen LogP contribution < -0.4 is 4.74 Å². The number of ether oxygens (including phenoxy) is 1. The molecule has 0 aliphatic carbocycles. The van der Waals surface area contributed by atoms with Crippen molar-refractivity contribution >= 4 is 0 Å². The summed E-state index contributed by atoms with van der Waals surface area (Å²) < 4.78 is 21.1. The summed E-state index contributed by atoms with van der Waals surface area (Å²) in [5.74, 6) is 0.733. The number of benzene rings is 1. The molecule has 0 amide bonds. The van der Waals surface area contributed by atoms with Gasteiger partial charge in [-0.3, -0.25) is 0 Å². The van der Waals surface area contributed by atoms with Gasteiger partial charge in [-0.2, -0.15) is 5.10 Å². The van der Waals surface area contributed by atoms with Crippen molar-refractivity contribution in [3.8, 4) is 5.75 Å². The van der Waals surface area contributed by atoms with Crippen molar-refractivity contribution in [2.24, 2.45) is 5.92 Å². The minimum absolute atomic E-state index is 0.137. The molecule has 0 radical (unpaired) electrons. The van der Waals surface area contributed by atoms with Gasteiger partial charge in [0.1, 0.15) is 12.9 Å². The Bertz CT molecular complexity index is 596. The van der Waals surface area contributed by atoms with Crippen LogP contribution in [0.1, 0.15) is 38.3 Å². The molecule has 1 aromatic heterocycles. The molecule has 21 heavy (non-hydrogen) atoms. The maximum absolute atomic E-state index is 13.9. The van der Waals surface area contributed by atoms with Gasteiger partial charge in [0.25, 0.3) is 0 Å². The second kappa shape index (κ2) is 6.67. The fraction of sp³-hybridized carbons (Fsp3) is 0.467. The van der Waals surface area contributed by atoms with Crippen LogP contribution in [0.5, 0.6) is 5.75 Å². The highest BCUT2D eigenvalue weighted by molar-refractivity contribution is 5.30. The van der Waals surface area contributed by atoms with Crippen LogP contribution >= 0.6 is 0 Å². The van der Waals surface area contributed by atoms with Gasteiger partial charge in [-0.1, -0.05) is 19.9 Å². The van der Waals surface area contributed by atoms with E-state index in [9.17, 15) is 9.50 Å². The summed E-state index contributed by atoms with van der Waals surface area (Å²) in [6.45, 7) is 6.64. The molecule has 5 nitrogen and oxygen atoms in total.